The second kappa shape index (κ2) is 3.65. The van der Waals surface area contributed by atoms with Gasteiger partial charge in [-0.2, -0.15) is 0 Å². The molecule has 4 aliphatic carbocycles. The summed E-state index contributed by atoms with van der Waals surface area (Å²) in [6.07, 6.45) is 10.2. The van der Waals surface area contributed by atoms with E-state index in [2.05, 4.69) is 6.20 Å². The van der Waals surface area contributed by atoms with Gasteiger partial charge < -0.3 is 9.67 Å². The number of carboxylic acids is 1. The molecule has 0 spiro atoms. The van der Waals surface area contributed by atoms with Gasteiger partial charge in [0, 0.05) is 13.2 Å². The highest BCUT2D eigenvalue weighted by Crippen LogP contribution is 2.60. The summed E-state index contributed by atoms with van der Waals surface area (Å²) in [6.45, 7) is 0. The molecule has 5 rings (SSSR count). The molecule has 102 valence electrons. The van der Waals surface area contributed by atoms with E-state index in [1.165, 1.54) is 44.1 Å². The molecule has 1 aromatic rings. The Hall–Kier alpha value is -1.25. The first-order chi connectivity index (χ1) is 9.06. The number of carboxylic acid groups (broad SMARTS) is 1. The van der Waals surface area contributed by atoms with Crippen LogP contribution in [-0.2, 0) is 12.5 Å². The average molecular weight is 259 g/mol. The Kier molecular flexibility index (Phi) is 2.22. The number of aromatic carboxylic acids is 1. The monoisotopic (exact) mass is 259 g/mol. The van der Waals surface area contributed by atoms with E-state index in [0.717, 1.165) is 17.8 Å². The molecule has 4 bridgehead atoms. The predicted molar refractivity (Wildman–Crippen MR) is 72.2 cm³/mol. The van der Waals surface area contributed by atoms with Crippen molar-refractivity contribution < 1.29 is 9.90 Å². The first-order valence-corrected chi connectivity index (χ1v) is 7.46. The third-order valence-electron chi connectivity index (χ3n) is 5.87. The predicted octanol–water partition coefficient (Wildman–Crippen LogP) is 3.19. The lowest BCUT2D eigenvalue weighted by molar-refractivity contribution is -0.00518. The summed E-state index contributed by atoms with van der Waals surface area (Å²) >= 11 is 0. The molecule has 0 aromatic carbocycles. The molecule has 3 heteroatoms. The Morgan fingerprint density at radius 3 is 2.16 bits per heavy atom. The highest BCUT2D eigenvalue weighted by atomic mass is 16.4. The Bertz CT molecular complexity index is 508. The average Bonchev–Trinajstić information content (AvgIpc) is 2.70. The molecule has 4 aliphatic rings. The van der Waals surface area contributed by atoms with Gasteiger partial charge in [-0.15, -0.1) is 0 Å². The molecule has 0 saturated heterocycles. The van der Waals surface area contributed by atoms with E-state index >= 15 is 0 Å². The topological polar surface area (TPSA) is 42.2 Å². The van der Waals surface area contributed by atoms with Gasteiger partial charge in [-0.25, -0.2) is 4.79 Å². The van der Waals surface area contributed by atoms with Gasteiger partial charge in [0.1, 0.15) is 5.69 Å². The van der Waals surface area contributed by atoms with E-state index in [-0.39, 0.29) is 0 Å². The summed E-state index contributed by atoms with van der Waals surface area (Å²) in [4.78, 5) is 11.2. The van der Waals surface area contributed by atoms with Crippen LogP contribution in [0.15, 0.2) is 12.3 Å². The first-order valence-electron chi connectivity index (χ1n) is 7.46. The van der Waals surface area contributed by atoms with Gasteiger partial charge in [-0.3, -0.25) is 0 Å². The second-order valence-corrected chi connectivity index (χ2v) is 7.23. The maximum Gasteiger partial charge on any atom is 0.352 e. The second-order valence-electron chi connectivity index (χ2n) is 7.23. The first kappa shape index (κ1) is 11.6. The standard InChI is InChI=1S/C16H21NO2/c1-17-9-13(5-14(17)15(18)19)16-6-10-2-11(7-16)4-12(3-10)8-16/h5,9-12H,2-4,6-8H2,1H3,(H,18,19). The maximum atomic E-state index is 11.2. The molecule has 0 atom stereocenters. The number of hydrogen-bond donors (Lipinski definition) is 1. The largest absolute Gasteiger partial charge is 0.477 e. The summed E-state index contributed by atoms with van der Waals surface area (Å²) in [6, 6.07) is 1.94. The lowest BCUT2D eigenvalue weighted by atomic mass is 9.48. The van der Waals surface area contributed by atoms with E-state index < -0.39 is 5.97 Å². The fourth-order valence-corrected chi connectivity index (χ4v) is 5.53. The van der Waals surface area contributed by atoms with Crippen molar-refractivity contribution in [1.82, 2.24) is 4.57 Å². The Labute approximate surface area is 113 Å². The fraction of sp³-hybridized carbons (Fsp3) is 0.688. The summed E-state index contributed by atoms with van der Waals surface area (Å²) in [5, 5.41) is 9.24. The van der Waals surface area contributed by atoms with Crippen LogP contribution < -0.4 is 0 Å². The minimum Gasteiger partial charge on any atom is -0.477 e. The van der Waals surface area contributed by atoms with Crippen molar-refractivity contribution in [3.05, 3.63) is 23.5 Å². The molecule has 3 nitrogen and oxygen atoms in total. The van der Waals surface area contributed by atoms with Crippen molar-refractivity contribution >= 4 is 5.97 Å². The summed E-state index contributed by atoms with van der Waals surface area (Å²) < 4.78 is 1.79. The van der Waals surface area contributed by atoms with E-state index in [4.69, 9.17) is 0 Å². The lowest BCUT2D eigenvalue weighted by Gasteiger charge is -2.56. The van der Waals surface area contributed by atoms with E-state index in [1.807, 2.05) is 13.1 Å². The van der Waals surface area contributed by atoms with Crippen molar-refractivity contribution in [1.29, 1.82) is 0 Å². The fourth-order valence-electron chi connectivity index (χ4n) is 5.53. The van der Waals surface area contributed by atoms with Gasteiger partial charge in [0.05, 0.1) is 0 Å². The van der Waals surface area contributed by atoms with Crippen molar-refractivity contribution in [2.45, 2.75) is 43.9 Å². The van der Waals surface area contributed by atoms with E-state index in [9.17, 15) is 9.90 Å². The van der Waals surface area contributed by atoms with Crippen LogP contribution in [0.5, 0.6) is 0 Å². The molecule has 0 unspecified atom stereocenters. The van der Waals surface area contributed by atoms with Crippen molar-refractivity contribution in [2.75, 3.05) is 0 Å². The van der Waals surface area contributed by atoms with Gasteiger partial charge in [0.15, 0.2) is 0 Å². The minimum atomic E-state index is -0.807. The minimum absolute atomic E-state index is 0.306. The number of hydrogen-bond acceptors (Lipinski definition) is 1. The maximum absolute atomic E-state index is 11.2. The zero-order chi connectivity index (χ0) is 13.2. The normalized spacial score (nSPS) is 39.7. The van der Waals surface area contributed by atoms with Gasteiger partial charge in [0.2, 0.25) is 0 Å². The zero-order valence-electron chi connectivity index (χ0n) is 11.4. The van der Waals surface area contributed by atoms with Gasteiger partial charge in [-0.1, -0.05) is 0 Å². The molecule has 4 fully saturated rings. The number of carbonyl (C=O) groups is 1. The van der Waals surface area contributed by atoms with Gasteiger partial charge >= 0.3 is 5.97 Å². The van der Waals surface area contributed by atoms with Crippen LogP contribution >= 0.6 is 0 Å². The molecule has 1 aromatic heterocycles. The third-order valence-corrected chi connectivity index (χ3v) is 5.87. The Morgan fingerprint density at radius 1 is 1.21 bits per heavy atom. The molecular formula is C16H21NO2. The van der Waals surface area contributed by atoms with Crippen LogP contribution in [0.25, 0.3) is 0 Å². The van der Waals surface area contributed by atoms with Crippen LogP contribution in [0.3, 0.4) is 0 Å². The molecule has 4 saturated carbocycles. The van der Waals surface area contributed by atoms with Crippen LogP contribution in [0.1, 0.15) is 54.6 Å². The number of rotatable bonds is 2. The molecule has 0 radical (unpaired) electrons. The highest BCUT2D eigenvalue weighted by molar-refractivity contribution is 5.86. The number of aromatic nitrogens is 1. The Balaban J connectivity index is 1.75. The molecule has 0 aliphatic heterocycles. The lowest BCUT2D eigenvalue weighted by Crippen LogP contribution is -2.48. The van der Waals surface area contributed by atoms with Crippen molar-refractivity contribution in [3.63, 3.8) is 0 Å². The van der Waals surface area contributed by atoms with E-state index in [0.29, 0.717) is 11.1 Å². The van der Waals surface area contributed by atoms with Crippen LogP contribution in [0, 0.1) is 17.8 Å². The van der Waals surface area contributed by atoms with Crippen molar-refractivity contribution in [3.8, 4) is 0 Å². The Morgan fingerprint density at radius 2 is 1.74 bits per heavy atom. The summed E-state index contributed by atoms with van der Waals surface area (Å²) in [5.74, 6) is 1.90. The quantitative estimate of drug-likeness (QED) is 0.886. The highest BCUT2D eigenvalue weighted by Gasteiger charge is 2.52. The van der Waals surface area contributed by atoms with Crippen LogP contribution in [-0.4, -0.2) is 15.6 Å². The molecule has 0 amide bonds. The van der Waals surface area contributed by atoms with Crippen LogP contribution in [0.2, 0.25) is 0 Å². The molecule has 1 N–H and O–H groups in total. The zero-order valence-corrected chi connectivity index (χ0v) is 11.4. The summed E-state index contributed by atoms with van der Waals surface area (Å²) in [5.41, 5.74) is 2.04. The third kappa shape index (κ3) is 1.60. The number of nitrogens with zero attached hydrogens (tertiary/aromatic N) is 1. The van der Waals surface area contributed by atoms with Crippen LogP contribution in [0.4, 0.5) is 0 Å². The van der Waals surface area contributed by atoms with E-state index in [1.54, 1.807) is 4.57 Å². The number of aryl methyl sites for hydroxylation is 1. The molecule has 1 heterocycles. The van der Waals surface area contributed by atoms with Crippen molar-refractivity contribution in [2.24, 2.45) is 24.8 Å². The van der Waals surface area contributed by atoms with Gasteiger partial charge in [0.25, 0.3) is 0 Å². The SMILES string of the molecule is Cn1cc(C23CC4CC(CC(C4)C2)C3)cc1C(=O)O. The van der Waals surface area contributed by atoms with Gasteiger partial charge in [-0.05, 0) is 73.3 Å². The molecule has 19 heavy (non-hydrogen) atoms. The summed E-state index contributed by atoms with van der Waals surface area (Å²) in [7, 11) is 1.85. The smallest absolute Gasteiger partial charge is 0.352 e. The molecular weight excluding hydrogens is 238 g/mol.